The van der Waals surface area contributed by atoms with Gasteiger partial charge in [-0.3, -0.25) is 19.3 Å². The number of amides is 2. The van der Waals surface area contributed by atoms with Crippen LogP contribution in [0.5, 0.6) is 0 Å². The number of carbonyl (C=O) groups is 4. The predicted octanol–water partition coefficient (Wildman–Crippen LogP) is 0.610. The Hall–Kier alpha value is -1.60. The first-order valence-electron chi connectivity index (χ1n) is 6.58. The SMILES string of the molecule is CON=C(C(=O)NC1C(=O)N2C(OC(=O)O)=CCS[C@@H]12)C(=O)C(Br)Br. The molecule has 0 bridgehead atoms. The lowest BCUT2D eigenvalue weighted by atomic mass is 10.1. The molecule has 0 aromatic rings. The molecule has 10 nitrogen and oxygen atoms in total. The van der Waals surface area contributed by atoms with Crippen molar-refractivity contribution in [3.8, 4) is 0 Å². The number of ketones is 1. The highest BCUT2D eigenvalue weighted by molar-refractivity contribution is 9.25. The molecular formula is C12H11Br2N3O7S. The molecular weight excluding hydrogens is 490 g/mol. The van der Waals surface area contributed by atoms with Crippen molar-refractivity contribution in [3.63, 3.8) is 0 Å². The monoisotopic (exact) mass is 499 g/mol. The Morgan fingerprint density at radius 2 is 2.16 bits per heavy atom. The smallest absolute Gasteiger partial charge is 0.449 e. The minimum atomic E-state index is -1.54. The van der Waals surface area contributed by atoms with Crippen molar-refractivity contribution in [1.29, 1.82) is 0 Å². The van der Waals surface area contributed by atoms with E-state index in [2.05, 4.69) is 51.9 Å². The first-order chi connectivity index (χ1) is 11.8. The van der Waals surface area contributed by atoms with Crippen molar-refractivity contribution in [3.05, 3.63) is 12.0 Å². The van der Waals surface area contributed by atoms with Gasteiger partial charge in [0.25, 0.3) is 11.8 Å². The van der Waals surface area contributed by atoms with E-state index in [1.807, 2.05) is 0 Å². The molecule has 0 aromatic carbocycles. The number of nitrogens with one attached hydrogen (secondary N) is 1. The molecule has 2 N–H and O–H groups in total. The van der Waals surface area contributed by atoms with Gasteiger partial charge in [-0.25, -0.2) is 4.79 Å². The van der Waals surface area contributed by atoms with Gasteiger partial charge in [0.05, 0.1) is 0 Å². The molecule has 25 heavy (non-hydrogen) atoms. The van der Waals surface area contributed by atoms with Gasteiger partial charge >= 0.3 is 6.16 Å². The third kappa shape index (κ3) is 4.15. The molecule has 0 radical (unpaired) electrons. The van der Waals surface area contributed by atoms with Crippen LogP contribution in [0.3, 0.4) is 0 Å². The van der Waals surface area contributed by atoms with Crippen LogP contribution in [0.2, 0.25) is 0 Å². The molecule has 2 aliphatic rings. The van der Waals surface area contributed by atoms with Crippen molar-refractivity contribution in [2.45, 2.75) is 15.2 Å². The van der Waals surface area contributed by atoms with Gasteiger partial charge < -0.3 is 20.0 Å². The van der Waals surface area contributed by atoms with E-state index in [4.69, 9.17) is 5.11 Å². The van der Waals surface area contributed by atoms with Crippen LogP contribution in [-0.4, -0.2) is 67.5 Å². The van der Waals surface area contributed by atoms with E-state index in [1.54, 1.807) is 0 Å². The van der Waals surface area contributed by atoms with Crippen molar-refractivity contribution in [2.75, 3.05) is 12.9 Å². The fourth-order valence-electron chi connectivity index (χ4n) is 2.10. The van der Waals surface area contributed by atoms with Crippen LogP contribution in [0.1, 0.15) is 0 Å². The number of halogens is 2. The Morgan fingerprint density at radius 1 is 1.48 bits per heavy atom. The summed E-state index contributed by atoms with van der Waals surface area (Å²) < 4.78 is 3.70. The van der Waals surface area contributed by atoms with Gasteiger partial charge in [0, 0.05) is 5.75 Å². The van der Waals surface area contributed by atoms with Crippen LogP contribution in [0.15, 0.2) is 17.1 Å². The van der Waals surface area contributed by atoms with E-state index in [-0.39, 0.29) is 5.88 Å². The van der Waals surface area contributed by atoms with Crippen LogP contribution >= 0.6 is 43.6 Å². The highest BCUT2D eigenvalue weighted by Gasteiger charge is 2.53. The van der Waals surface area contributed by atoms with Crippen molar-refractivity contribution >= 4 is 73.1 Å². The second-order valence-electron chi connectivity index (χ2n) is 4.58. The van der Waals surface area contributed by atoms with Gasteiger partial charge in [-0.15, -0.1) is 11.8 Å². The van der Waals surface area contributed by atoms with E-state index in [0.717, 1.165) is 4.90 Å². The fraction of sp³-hybridized carbons (Fsp3) is 0.417. The maximum absolute atomic E-state index is 12.3. The highest BCUT2D eigenvalue weighted by Crippen LogP contribution is 2.37. The Morgan fingerprint density at radius 3 is 2.72 bits per heavy atom. The molecule has 2 heterocycles. The number of rotatable bonds is 6. The summed E-state index contributed by atoms with van der Waals surface area (Å²) in [6, 6.07) is -0.947. The number of alkyl halides is 2. The van der Waals surface area contributed by atoms with Gasteiger partial charge in [0.2, 0.25) is 17.4 Å². The van der Waals surface area contributed by atoms with Crippen LogP contribution < -0.4 is 5.32 Å². The molecule has 1 fully saturated rings. The number of thioether (sulfide) groups is 1. The van der Waals surface area contributed by atoms with Gasteiger partial charge in [0.1, 0.15) is 22.3 Å². The largest absolute Gasteiger partial charge is 0.512 e. The average molecular weight is 501 g/mol. The molecule has 2 amide bonds. The van der Waals surface area contributed by atoms with Gasteiger partial charge in [-0.1, -0.05) is 37.0 Å². The number of Topliss-reactive ketones (excluding diaryl/α,β-unsaturated/α-hetero) is 1. The highest BCUT2D eigenvalue weighted by atomic mass is 79.9. The number of hydrogen-bond acceptors (Lipinski definition) is 8. The van der Waals surface area contributed by atoms with E-state index in [1.165, 1.54) is 24.9 Å². The lowest BCUT2D eigenvalue weighted by Gasteiger charge is -2.47. The summed E-state index contributed by atoms with van der Waals surface area (Å²) >= 11 is 7.24. The molecule has 0 saturated carbocycles. The van der Waals surface area contributed by atoms with E-state index in [0.29, 0.717) is 5.75 Å². The Labute approximate surface area is 162 Å². The molecule has 2 rings (SSSR count). The molecule has 0 aromatic heterocycles. The van der Waals surface area contributed by atoms with E-state index >= 15 is 0 Å². The first-order valence-corrected chi connectivity index (χ1v) is 9.46. The molecule has 1 saturated heterocycles. The zero-order chi connectivity index (χ0) is 18.7. The summed E-state index contributed by atoms with van der Waals surface area (Å²) in [4.78, 5) is 52.7. The van der Waals surface area contributed by atoms with Crippen molar-refractivity contribution < 1.29 is 33.9 Å². The number of carboxylic acid groups (broad SMARTS) is 1. The summed E-state index contributed by atoms with van der Waals surface area (Å²) in [5.41, 5.74) is -0.522. The second kappa shape index (κ2) is 8.19. The summed E-state index contributed by atoms with van der Waals surface area (Å²) in [5.74, 6) is -1.84. The predicted molar refractivity (Wildman–Crippen MR) is 93.3 cm³/mol. The van der Waals surface area contributed by atoms with Crippen molar-refractivity contribution in [1.82, 2.24) is 10.2 Å². The maximum atomic E-state index is 12.3. The molecule has 2 aliphatic heterocycles. The third-order valence-electron chi connectivity index (χ3n) is 3.11. The Bertz CT molecular complexity index is 682. The summed E-state index contributed by atoms with van der Waals surface area (Å²) in [6.45, 7) is 0. The van der Waals surface area contributed by atoms with Crippen LogP contribution in [-0.2, 0) is 24.0 Å². The molecule has 13 heteroatoms. The van der Waals surface area contributed by atoms with E-state index in [9.17, 15) is 19.2 Å². The lowest BCUT2D eigenvalue weighted by Crippen LogP contribution is -2.70. The standard InChI is InChI=1S/C12H11Br2N3O7S/c1-23-16-5(7(18)8(13)14)9(19)15-6-10(20)17-4(24-12(21)22)2-3-25-11(6)17/h2,6,8,11H,3H2,1H3,(H,15,19)(H,21,22)/t6?,11-/m0/s1. The number of nitrogens with zero attached hydrogens (tertiary/aromatic N) is 2. The molecule has 0 spiro atoms. The van der Waals surface area contributed by atoms with Gasteiger partial charge in [-0.2, -0.15) is 0 Å². The van der Waals surface area contributed by atoms with Gasteiger partial charge in [-0.05, 0) is 6.08 Å². The number of fused-ring (bicyclic) bond motifs is 1. The minimum absolute atomic E-state index is 0.102. The van der Waals surface area contributed by atoms with Crippen LogP contribution in [0.4, 0.5) is 4.79 Å². The zero-order valence-corrected chi connectivity index (χ0v) is 16.5. The molecule has 1 unspecified atom stereocenters. The number of ether oxygens (including phenoxy) is 1. The van der Waals surface area contributed by atoms with Crippen molar-refractivity contribution in [2.24, 2.45) is 5.16 Å². The fourth-order valence-corrected chi connectivity index (χ4v) is 3.70. The van der Waals surface area contributed by atoms with Gasteiger partial charge in [0.15, 0.2) is 0 Å². The summed E-state index contributed by atoms with van der Waals surface area (Å²) in [7, 11) is 1.17. The quantitative estimate of drug-likeness (QED) is 0.135. The molecule has 136 valence electrons. The summed E-state index contributed by atoms with van der Waals surface area (Å²) in [6.07, 6.45) is -0.0923. The molecule has 0 aliphatic carbocycles. The summed E-state index contributed by atoms with van der Waals surface area (Å²) in [5, 5.41) is 13.9. The van der Waals surface area contributed by atoms with E-state index < -0.39 is 44.6 Å². The number of β-lactam (4-membered cyclic amide) rings is 1. The first kappa shape index (κ1) is 19.7. The Kier molecular flexibility index (Phi) is 6.46. The second-order valence-corrected chi connectivity index (χ2v) is 8.79. The lowest BCUT2D eigenvalue weighted by molar-refractivity contribution is -0.148. The van der Waals surface area contributed by atoms with Crippen LogP contribution in [0, 0.1) is 0 Å². The normalized spacial score (nSPS) is 22.6. The Balaban J connectivity index is 2.09. The number of carbonyl (C=O) groups excluding carboxylic acids is 3. The maximum Gasteiger partial charge on any atom is 0.512 e. The number of oxime groups is 1. The molecule has 2 atom stereocenters. The average Bonchev–Trinajstić information content (AvgIpc) is 2.55. The minimum Gasteiger partial charge on any atom is -0.449 e. The zero-order valence-electron chi connectivity index (χ0n) is 12.5. The topological polar surface area (TPSA) is 135 Å². The third-order valence-corrected chi connectivity index (χ3v) is 5.13. The van der Waals surface area contributed by atoms with Crippen LogP contribution in [0.25, 0.3) is 0 Å². The number of hydrogen-bond donors (Lipinski definition) is 2.